The largest absolute Gasteiger partial charge is 0.399 e. The van der Waals surface area contributed by atoms with Crippen molar-refractivity contribution in [1.82, 2.24) is 0 Å². The highest BCUT2D eigenvalue weighted by Gasteiger charge is 1.88. The average Bonchev–Trinajstić information content (AvgIpc) is 1.85. The third kappa shape index (κ3) is 4.37. The number of rotatable bonds is 2. The van der Waals surface area contributed by atoms with Crippen molar-refractivity contribution >= 4 is 18.2 Å². The van der Waals surface area contributed by atoms with Gasteiger partial charge in [-0.2, -0.15) is 0 Å². The topological polar surface area (TPSA) is 68.1 Å². The van der Waals surface area contributed by atoms with Crippen molar-refractivity contribution in [2.24, 2.45) is 10.1 Å². The lowest BCUT2D eigenvalue weighted by Crippen LogP contribution is -1.92. The van der Waals surface area contributed by atoms with E-state index in [0.29, 0.717) is 0 Å². The van der Waals surface area contributed by atoms with Crippen LogP contribution in [0, 0.1) is 0 Å². The Kier molecular flexibility index (Phi) is 3.90. The second-order valence-electron chi connectivity index (χ2n) is 0.958. The van der Waals surface area contributed by atoms with Gasteiger partial charge in [0.25, 0.3) is 0 Å². The van der Waals surface area contributed by atoms with E-state index in [1.54, 1.807) is 0 Å². The van der Waals surface area contributed by atoms with Crippen LogP contribution < -0.4 is 0 Å². The van der Waals surface area contributed by atoms with Crippen LogP contribution in [0.2, 0.25) is 0 Å². The van der Waals surface area contributed by atoms with E-state index in [-0.39, 0.29) is 0 Å². The van der Waals surface area contributed by atoms with Crippen LogP contribution in [0.3, 0.4) is 0 Å². The fourth-order valence-electron chi connectivity index (χ4n) is 0.172. The van der Waals surface area contributed by atoms with Crippen LogP contribution in [-0.4, -0.2) is 25.3 Å². The number of carbonyl (C=O) groups is 1. The molecule has 0 saturated carbocycles. The third-order valence-corrected chi connectivity index (χ3v) is 0.424. The molecule has 0 aromatic carbocycles. The Hall–Kier alpha value is -1.48. The normalized spacial score (nSPS) is 8.56. The molecule has 0 saturated heterocycles. The summed E-state index contributed by atoms with van der Waals surface area (Å²) in [4.78, 5) is 26.3. The van der Waals surface area contributed by atoms with Crippen molar-refractivity contribution in [3.05, 3.63) is 0 Å². The first-order chi connectivity index (χ1) is 4.31. The number of carbonyl (C=O) groups excluding carboxylic acids is 2. The molecule has 0 radical (unpaired) electrons. The zero-order valence-corrected chi connectivity index (χ0v) is 4.70. The molecule has 9 heavy (non-hydrogen) atoms. The summed E-state index contributed by atoms with van der Waals surface area (Å²) < 4.78 is 0. The van der Waals surface area contributed by atoms with Crippen molar-refractivity contribution in [2.45, 2.75) is 0 Å². The average molecular weight is 128 g/mol. The van der Waals surface area contributed by atoms with Gasteiger partial charge < -0.3 is 4.84 Å². The maximum absolute atomic E-state index is 10.1. The van der Waals surface area contributed by atoms with Crippen molar-refractivity contribution < 1.29 is 14.4 Å². The summed E-state index contributed by atoms with van der Waals surface area (Å²) in [5, 5.41) is 3.04. The fourth-order valence-corrected chi connectivity index (χ4v) is 0.172. The second kappa shape index (κ2) is 4.67. The summed E-state index contributed by atoms with van der Waals surface area (Å²) in [6, 6.07) is 0. The summed E-state index contributed by atoms with van der Waals surface area (Å²) in [7, 11) is 1.27. The van der Waals surface area contributed by atoms with Crippen LogP contribution in [-0.2, 0) is 14.4 Å². The standard InChI is InChI=1S/C4H4N2O3/c1-9-6-2-4(8)5-3-7/h2H,1H3. The molecular formula is C4H4N2O3. The maximum Gasteiger partial charge on any atom is 0.302 e. The fraction of sp³-hybridized carbons (Fsp3) is 0.250. The summed E-state index contributed by atoms with van der Waals surface area (Å²) in [6.07, 6.45) is 1.82. The first-order valence-electron chi connectivity index (χ1n) is 1.99. The van der Waals surface area contributed by atoms with E-state index < -0.39 is 5.91 Å². The van der Waals surface area contributed by atoms with Gasteiger partial charge in [0, 0.05) is 0 Å². The zero-order chi connectivity index (χ0) is 7.11. The minimum Gasteiger partial charge on any atom is -0.399 e. The van der Waals surface area contributed by atoms with Gasteiger partial charge in [0.1, 0.15) is 13.3 Å². The number of hydrogen-bond acceptors (Lipinski definition) is 4. The van der Waals surface area contributed by atoms with Crippen molar-refractivity contribution in [2.75, 3.05) is 7.11 Å². The molecule has 0 unspecified atom stereocenters. The first-order valence-corrected chi connectivity index (χ1v) is 1.99. The molecule has 0 bridgehead atoms. The highest BCUT2D eigenvalue weighted by molar-refractivity contribution is 6.27. The minimum atomic E-state index is -0.785. The molecule has 0 N–H and O–H groups in total. The van der Waals surface area contributed by atoms with Gasteiger partial charge >= 0.3 is 5.91 Å². The number of nitrogens with zero attached hydrogens (tertiary/aromatic N) is 2. The molecule has 1 amide bonds. The maximum atomic E-state index is 10.1. The van der Waals surface area contributed by atoms with E-state index in [1.165, 1.54) is 7.11 Å². The molecule has 0 aliphatic rings. The van der Waals surface area contributed by atoms with E-state index in [9.17, 15) is 9.59 Å². The predicted molar refractivity (Wildman–Crippen MR) is 28.6 cm³/mol. The van der Waals surface area contributed by atoms with Gasteiger partial charge in [-0.3, -0.25) is 4.79 Å². The highest BCUT2D eigenvalue weighted by Crippen LogP contribution is 1.68. The van der Waals surface area contributed by atoms with Gasteiger partial charge in [0.15, 0.2) is 0 Å². The smallest absolute Gasteiger partial charge is 0.302 e. The molecule has 0 aromatic heterocycles. The van der Waals surface area contributed by atoms with Gasteiger partial charge in [-0.15, -0.1) is 4.99 Å². The van der Waals surface area contributed by atoms with E-state index in [1.807, 2.05) is 0 Å². The molecule has 0 aliphatic carbocycles. The Morgan fingerprint density at radius 3 is 2.89 bits per heavy atom. The van der Waals surface area contributed by atoms with E-state index in [0.717, 1.165) is 12.3 Å². The van der Waals surface area contributed by atoms with Gasteiger partial charge in [-0.25, -0.2) is 4.79 Å². The van der Waals surface area contributed by atoms with Crippen LogP contribution >= 0.6 is 0 Å². The molecule has 0 rings (SSSR count). The molecule has 5 heteroatoms. The highest BCUT2D eigenvalue weighted by atomic mass is 16.6. The third-order valence-electron chi connectivity index (χ3n) is 0.424. The number of oxime groups is 1. The Morgan fingerprint density at radius 1 is 1.78 bits per heavy atom. The van der Waals surface area contributed by atoms with Gasteiger partial charge in [0.2, 0.25) is 6.08 Å². The molecule has 0 atom stereocenters. The van der Waals surface area contributed by atoms with E-state index >= 15 is 0 Å². The molecule has 0 aromatic rings. The van der Waals surface area contributed by atoms with Gasteiger partial charge in [-0.05, 0) is 0 Å². The van der Waals surface area contributed by atoms with Crippen molar-refractivity contribution in [3.8, 4) is 0 Å². The minimum absolute atomic E-state index is 0.769. The summed E-state index contributed by atoms with van der Waals surface area (Å²) in [5.74, 6) is -0.785. The quantitative estimate of drug-likeness (QED) is 0.285. The van der Waals surface area contributed by atoms with Crippen molar-refractivity contribution in [3.63, 3.8) is 0 Å². The van der Waals surface area contributed by atoms with Crippen LogP contribution in [0.4, 0.5) is 0 Å². The van der Waals surface area contributed by atoms with Gasteiger partial charge in [0.05, 0.1) is 0 Å². The molecule has 0 spiro atoms. The Morgan fingerprint density at radius 2 is 2.44 bits per heavy atom. The summed E-state index contributed by atoms with van der Waals surface area (Å²) in [5.41, 5.74) is 0. The van der Waals surface area contributed by atoms with Gasteiger partial charge in [-0.1, -0.05) is 5.16 Å². The van der Waals surface area contributed by atoms with E-state index in [4.69, 9.17) is 0 Å². The second-order valence-corrected chi connectivity index (χ2v) is 0.958. The SMILES string of the molecule is CON=CC(=O)N=C=O. The first kappa shape index (κ1) is 7.52. The molecule has 0 fully saturated rings. The number of hydrogen-bond donors (Lipinski definition) is 0. The lowest BCUT2D eigenvalue weighted by Gasteiger charge is -1.78. The lowest BCUT2D eigenvalue weighted by molar-refractivity contribution is -0.111. The van der Waals surface area contributed by atoms with E-state index in [2.05, 4.69) is 15.0 Å². The Balaban J connectivity index is 3.77. The predicted octanol–water partition coefficient (Wildman–Crippen LogP) is -0.519. The molecule has 5 nitrogen and oxygen atoms in total. The zero-order valence-electron chi connectivity index (χ0n) is 4.70. The molecule has 0 aliphatic heterocycles. The van der Waals surface area contributed by atoms with Crippen LogP contribution in [0.15, 0.2) is 10.1 Å². The van der Waals surface area contributed by atoms with Crippen molar-refractivity contribution in [1.29, 1.82) is 0 Å². The Labute approximate surface area is 51.0 Å². The number of amides is 1. The number of isocyanates is 1. The van der Waals surface area contributed by atoms with Crippen LogP contribution in [0.1, 0.15) is 0 Å². The van der Waals surface area contributed by atoms with Crippen LogP contribution in [0.25, 0.3) is 0 Å². The molecule has 48 valence electrons. The summed E-state index contributed by atoms with van der Waals surface area (Å²) >= 11 is 0. The van der Waals surface area contributed by atoms with Crippen LogP contribution in [0.5, 0.6) is 0 Å². The molecular weight excluding hydrogens is 124 g/mol. The molecule has 0 heterocycles. The summed E-state index contributed by atoms with van der Waals surface area (Å²) in [6.45, 7) is 0. The monoisotopic (exact) mass is 128 g/mol. The Bertz CT molecular complexity index is 169. The number of aliphatic imine (C=N–C) groups is 1. The lowest BCUT2D eigenvalue weighted by atomic mass is 10.7.